The van der Waals surface area contributed by atoms with E-state index >= 15 is 0 Å². The van der Waals surface area contributed by atoms with Gasteiger partial charge in [0.2, 0.25) is 0 Å². The fourth-order valence-corrected chi connectivity index (χ4v) is 2.73. The van der Waals surface area contributed by atoms with Crippen molar-refractivity contribution in [2.45, 2.75) is 31.7 Å². The first-order valence-corrected chi connectivity index (χ1v) is 7.43. The number of hydrogen-bond donors (Lipinski definition) is 2. The molecular formula is C14H18BrNO4. The summed E-state index contributed by atoms with van der Waals surface area (Å²) in [6.07, 6.45) is 2.16. The summed E-state index contributed by atoms with van der Waals surface area (Å²) in [5.41, 5.74) is 7.05. The molecule has 0 radical (unpaired) electrons. The van der Waals surface area contributed by atoms with Crippen LogP contribution in [0.15, 0.2) is 16.6 Å². The third kappa shape index (κ3) is 3.86. The van der Waals surface area contributed by atoms with E-state index in [1.807, 2.05) is 12.1 Å². The lowest BCUT2D eigenvalue weighted by atomic mass is 10.0. The molecule has 0 saturated carbocycles. The molecule has 2 rings (SSSR count). The maximum Gasteiger partial charge on any atom is 0.303 e. The van der Waals surface area contributed by atoms with Crippen LogP contribution in [0.25, 0.3) is 0 Å². The molecule has 3 N–H and O–H groups in total. The Hall–Kier alpha value is -1.27. The summed E-state index contributed by atoms with van der Waals surface area (Å²) in [5, 5.41) is 8.65. The molecule has 20 heavy (non-hydrogen) atoms. The van der Waals surface area contributed by atoms with Crippen LogP contribution >= 0.6 is 15.9 Å². The first-order valence-electron chi connectivity index (χ1n) is 6.64. The second kappa shape index (κ2) is 6.95. The van der Waals surface area contributed by atoms with Gasteiger partial charge in [0.05, 0.1) is 13.2 Å². The molecule has 1 aliphatic heterocycles. The lowest BCUT2D eigenvalue weighted by Crippen LogP contribution is -2.12. The quantitative estimate of drug-likeness (QED) is 0.858. The van der Waals surface area contributed by atoms with Gasteiger partial charge >= 0.3 is 5.97 Å². The summed E-state index contributed by atoms with van der Waals surface area (Å²) in [4.78, 5) is 10.5. The predicted molar refractivity (Wildman–Crippen MR) is 78.2 cm³/mol. The van der Waals surface area contributed by atoms with Gasteiger partial charge in [0.25, 0.3) is 0 Å². The fourth-order valence-electron chi connectivity index (χ4n) is 2.11. The van der Waals surface area contributed by atoms with E-state index in [0.717, 1.165) is 22.2 Å². The minimum atomic E-state index is -0.796. The number of carboxylic acid groups (broad SMARTS) is 1. The number of carboxylic acids is 1. The number of carbonyl (C=O) groups is 1. The van der Waals surface area contributed by atoms with Gasteiger partial charge in [-0.2, -0.15) is 0 Å². The molecule has 6 heteroatoms. The van der Waals surface area contributed by atoms with Crippen molar-refractivity contribution in [1.29, 1.82) is 0 Å². The minimum absolute atomic E-state index is 0.135. The fraction of sp³-hybridized carbons (Fsp3) is 0.500. The molecule has 0 spiro atoms. The van der Waals surface area contributed by atoms with Crippen molar-refractivity contribution in [1.82, 2.24) is 0 Å². The zero-order chi connectivity index (χ0) is 14.5. The van der Waals surface area contributed by atoms with Crippen LogP contribution in [0.2, 0.25) is 0 Å². The molecule has 1 atom stereocenters. The molecule has 1 aliphatic rings. The monoisotopic (exact) mass is 343 g/mol. The molecule has 1 aromatic rings. The molecule has 0 aromatic heterocycles. The van der Waals surface area contributed by atoms with Gasteiger partial charge in [0.15, 0.2) is 11.5 Å². The normalized spacial score (nSPS) is 15.5. The predicted octanol–water partition coefficient (Wildman–Crippen LogP) is 2.87. The average Bonchev–Trinajstić information content (AvgIpc) is 2.61. The lowest BCUT2D eigenvalue weighted by molar-refractivity contribution is -0.137. The summed E-state index contributed by atoms with van der Waals surface area (Å²) in [6.45, 7) is 1.27. The third-order valence-electron chi connectivity index (χ3n) is 3.17. The third-order valence-corrected chi connectivity index (χ3v) is 3.86. The van der Waals surface area contributed by atoms with Gasteiger partial charge in [0, 0.05) is 23.4 Å². The zero-order valence-electron chi connectivity index (χ0n) is 11.1. The molecule has 0 saturated heterocycles. The van der Waals surface area contributed by atoms with Crippen LogP contribution in [0.1, 0.15) is 37.3 Å². The van der Waals surface area contributed by atoms with E-state index in [4.69, 9.17) is 20.3 Å². The van der Waals surface area contributed by atoms with Gasteiger partial charge in [-0.15, -0.1) is 0 Å². The van der Waals surface area contributed by atoms with Crippen LogP contribution in [-0.4, -0.2) is 24.3 Å². The van der Waals surface area contributed by atoms with Crippen molar-refractivity contribution in [3.63, 3.8) is 0 Å². The number of ether oxygens (including phenoxy) is 2. The second-order valence-corrected chi connectivity index (χ2v) is 5.62. The Balaban J connectivity index is 2.10. The van der Waals surface area contributed by atoms with Gasteiger partial charge in [-0.1, -0.05) is 15.9 Å². The molecule has 1 heterocycles. The second-order valence-electron chi connectivity index (χ2n) is 4.76. The molecule has 1 aromatic carbocycles. The number of benzene rings is 1. The van der Waals surface area contributed by atoms with Crippen molar-refractivity contribution in [2.75, 3.05) is 13.2 Å². The van der Waals surface area contributed by atoms with E-state index in [2.05, 4.69) is 15.9 Å². The molecule has 5 nitrogen and oxygen atoms in total. The van der Waals surface area contributed by atoms with Gasteiger partial charge in [-0.3, -0.25) is 4.79 Å². The number of halogens is 1. The van der Waals surface area contributed by atoms with E-state index in [1.54, 1.807) is 0 Å². The van der Waals surface area contributed by atoms with E-state index in [-0.39, 0.29) is 12.5 Å². The number of hydrogen-bond acceptors (Lipinski definition) is 4. The van der Waals surface area contributed by atoms with Crippen LogP contribution in [0, 0.1) is 0 Å². The zero-order valence-corrected chi connectivity index (χ0v) is 12.7. The summed E-state index contributed by atoms with van der Waals surface area (Å²) in [6, 6.07) is 3.53. The van der Waals surface area contributed by atoms with E-state index in [9.17, 15) is 4.79 Å². The van der Waals surface area contributed by atoms with Crippen molar-refractivity contribution in [2.24, 2.45) is 5.73 Å². The smallest absolute Gasteiger partial charge is 0.303 e. The van der Waals surface area contributed by atoms with Gasteiger partial charge in [0.1, 0.15) is 0 Å². The molecule has 1 unspecified atom stereocenters. The number of rotatable bonds is 5. The Bertz CT molecular complexity index is 492. The van der Waals surface area contributed by atoms with Crippen LogP contribution < -0.4 is 15.2 Å². The van der Waals surface area contributed by atoms with Crippen molar-refractivity contribution < 1.29 is 19.4 Å². The summed E-state index contributed by atoms with van der Waals surface area (Å²) >= 11 is 3.49. The average molecular weight is 344 g/mol. The molecule has 0 bridgehead atoms. The van der Waals surface area contributed by atoms with Crippen LogP contribution in [0.5, 0.6) is 11.5 Å². The summed E-state index contributed by atoms with van der Waals surface area (Å²) < 4.78 is 12.1. The van der Waals surface area contributed by atoms with Gasteiger partial charge in [-0.05, 0) is 30.5 Å². The first kappa shape index (κ1) is 15.1. The maximum absolute atomic E-state index is 10.5. The molecule has 110 valence electrons. The van der Waals surface area contributed by atoms with Crippen LogP contribution in [0.4, 0.5) is 0 Å². The standard InChI is InChI=1S/C14H18BrNO4/c15-10-8-13-12(19-5-2-6-20-13)7-9(10)11(16)3-1-4-14(17)18/h7-8,11H,1-6,16H2,(H,17,18). The highest BCUT2D eigenvalue weighted by atomic mass is 79.9. The number of nitrogens with two attached hydrogens (primary N) is 1. The molecular weight excluding hydrogens is 326 g/mol. The Morgan fingerprint density at radius 1 is 1.35 bits per heavy atom. The molecule has 0 aliphatic carbocycles. The Kier molecular flexibility index (Phi) is 5.25. The maximum atomic E-state index is 10.5. The Morgan fingerprint density at radius 3 is 2.65 bits per heavy atom. The van der Waals surface area contributed by atoms with Crippen LogP contribution in [0.3, 0.4) is 0 Å². The first-order chi connectivity index (χ1) is 9.58. The van der Waals surface area contributed by atoms with Gasteiger partial charge in [-0.25, -0.2) is 0 Å². The van der Waals surface area contributed by atoms with E-state index in [1.165, 1.54) is 0 Å². The Morgan fingerprint density at radius 2 is 2.00 bits per heavy atom. The molecule has 0 amide bonds. The minimum Gasteiger partial charge on any atom is -0.490 e. The van der Waals surface area contributed by atoms with E-state index in [0.29, 0.717) is 31.8 Å². The highest BCUT2D eigenvalue weighted by Gasteiger charge is 2.17. The van der Waals surface area contributed by atoms with Crippen molar-refractivity contribution >= 4 is 21.9 Å². The van der Waals surface area contributed by atoms with Gasteiger partial charge < -0.3 is 20.3 Å². The van der Waals surface area contributed by atoms with E-state index < -0.39 is 5.97 Å². The number of aliphatic carboxylic acids is 1. The highest BCUT2D eigenvalue weighted by molar-refractivity contribution is 9.10. The lowest BCUT2D eigenvalue weighted by Gasteiger charge is -2.16. The SMILES string of the molecule is NC(CCCC(=O)O)c1cc2c(cc1Br)OCCCO2. The topological polar surface area (TPSA) is 81.8 Å². The summed E-state index contributed by atoms with van der Waals surface area (Å²) in [7, 11) is 0. The molecule has 0 fully saturated rings. The highest BCUT2D eigenvalue weighted by Crippen LogP contribution is 2.37. The summed E-state index contributed by atoms with van der Waals surface area (Å²) in [5.74, 6) is 0.625. The van der Waals surface area contributed by atoms with Crippen molar-refractivity contribution in [3.8, 4) is 11.5 Å². The number of fused-ring (bicyclic) bond motifs is 1. The largest absolute Gasteiger partial charge is 0.490 e. The Labute approximate surface area is 126 Å². The van der Waals surface area contributed by atoms with Crippen LogP contribution in [-0.2, 0) is 4.79 Å². The van der Waals surface area contributed by atoms with Crippen molar-refractivity contribution in [3.05, 3.63) is 22.2 Å².